The summed E-state index contributed by atoms with van der Waals surface area (Å²) < 4.78 is 0. The SMILES string of the molecule is CCCC1(CNc2cc(Cl)ccc2[N+](=O)[O-])CC1. The molecule has 1 aromatic carbocycles. The van der Waals surface area contributed by atoms with Crippen molar-refractivity contribution in [3.05, 3.63) is 33.3 Å². The second kappa shape index (κ2) is 5.14. The first kappa shape index (κ1) is 13.1. The fraction of sp³-hybridized carbons (Fsp3) is 0.538. The Balaban J connectivity index is 2.08. The van der Waals surface area contributed by atoms with E-state index >= 15 is 0 Å². The van der Waals surface area contributed by atoms with Gasteiger partial charge in [0.05, 0.1) is 4.92 Å². The Morgan fingerprint density at radius 3 is 2.78 bits per heavy atom. The van der Waals surface area contributed by atoms with Gasteiger partial charge >= 0.3 is 0 Å². The van der Waals surface area contributed by atoms with Crippen molar-refractivity contribution in [3.8, 4) is 0 Å². The Morgan fingerprint density at radius 1 is 1.50 bits per heavy atom. The molecular formula is C13H17ClN2O2. The highest BCUT2D eigenvalue weighted by Gasteiger charge is 2.41. The summed E-state index contributed by atoms with van der Waals surface area (Å²) in [5.41, 5.74) is 0.965. The van der Waals surface area contributed by atoms with Gasteiger partial charge in [-0.2, -0.15) is 0 Å². The summed E-state index contributed by atoms with van der Waals surface area (Å²) in [5, 5.41) is 14.6. The molecule has 0 spiro atoms. The first-order valence-electron chi connectivity index (χ1n) is 6.24. The van der Waals surface area contributed by atoms with Crippen LogP contribution < -0.4 is 5.32 Å². The van der Waals surface area contributed by atoms with Gasteiger partial charge in [0.1, 0.15) is 5.69 Å². The molecular weight excluding hydrogens is 252 g/mol. The molecule has 0 unspecified atom stereocenters. The molecule has 0 radical (unpaired) electrons. The zero-order valence-corrected chi connectivity index (χ0v) is 11.2. The maximum atomic E-state index is 10.9. The average molecular weight is 269 g/mol. The number of nitro benzene ring substituents is 1. The van der Waals surface area contributed by atoms with Crippen LogP contribution in [-0.2, 0) is 0 Å². The third-order valence-corrected chi connectivity index (χ3v) is 3.78. The molecule has 98 valence electrons. The second-order valence-corrected chi connectivity index (χ2v) is 5.46. The summed E-state index contributed by atoms with van der Waals surface area (Å²) in [5.74, 6) is 0. The van der Waals surface area contributed by atoms with Crippen LogP contribution in [0.4, 0.5) is 11.4 Å². The van der Waals surface area contributed by atoms with Crippen LogP contribution >= 0.6 is 11.6 Å². The van der Waals surface area contributed by atoms with Crippen molar-refractivity contribution in [3.63, 3.8) is 0 Å². The lowest BCUT2D eigenvalue weighted by atomic mass is 10.0. The molecule has 0 amide bonds. The number of halogens is 1. The van der Waals surface area contributed by atoms with Gasteiger partial charge in [-0.25, -0.2) is 0 Å². The summed E-state index contributed by atoms with van der Waals surface area (Å²) in [6.07, 6.45) is 4.75. The molecule has 18 heavy (non-hydrogen) atoms. The van der Waals surface area contributed by atoms with Crippen LogP contribution in [0.2, 0.25) is 5.02 Å². The van der Waals surface area contributed by atoms with E-state index in [9.17, 15) is 10.1 Å². The third-order valence-electron chi connectivity index (χ3n) is 3.55. The lowest BCUT2D eigenvalue weighted by molar-refractivity contribution is -0.384. The van der Waals surface area contributed by atoms with Crippen LogP contribution in [0.15, 0.2) is 18.2 Å². The molecule has 0 aromatic heterocycles. The van der Waals surface area contributed by atoms with Crippen LogP contribution in [0.5, 0.6) is 0 Å². The minimum absolute atomic E-state index is 0.0895. The fourth-order valence-corrected chi connectivity index (χ4v) is 2.49. The summed E-state index contributed by atoms with van der Waals surface area (Å²) in [4.78, 5) is 10.5. The van der Waals surface area contributed by atoms with E-state index in [1.807, 2.05) is 0 Å². The third kappa shape index (κ3) is 2.93. The zero-order chi connectivity index (χ0) is 13.2. The van der Waals surface area contributed by atoms with E-state index in [1.54, 1.807) is 12.1 Å². The molecule has 1 aliphatic rings. The van der Waals surface area contributed by atoms with Crippen molar-refractivity contribution in [2.45, 2.75) is 32.6 Å². The Hall–Kier alpha value is -1.29. The number of nitrogens with zero attached hydrogens (tertiary/aromatic N) is 1. The lowest BCUT2D eigenvalue weighted by Gasteiger charge is -2.16. The summed E-state index contributed by atoms with van der Waals surface area (Å²) >= 11 is 5.89. The quantitative estimate of drug-likeness (QED) is 0.620. The first-order valence-corrected chi connectivity index (χ1v) is 6.62. The topological polar surface area (TPSA) is 55.2 Å². The van der Waals surface area contributed by atoms with Crippen LogP contribution in [0.1, 0.15) is 32.6 Å². The largest absolute Gasteiger partial charge is 0.379 e. The Morgan fingerprint density at radius 2 is 2.22 bits per heavy atom. The number of benzene rings is 1. The summed E-state index contributed by atoms with van der Waals surface area (Å²) in [7, 11) is 0. The fourth-order valence-electron chi connectivity index (χ4n) is 2.31. The molecule has 0 saturated heterocycles. The van der Waals surface area contributed by atoms with E-state index in [-0.39, 0.29) is 10.6 Å². The van der Waals surface area contributed by atoms with Crippen LogP contribution in [0.3, 0.4) is 0 Å². The van der Waals surface area contributed by atoms with Gasteiger partial charge in [-0.05, 0) is 36.8 Å². The van der Waals surface area contributed by atoms with Crippen LogP contribution in [0, 0.1) is 15.5 Å². The van der Waals surface area contributed by atoms with E-state index in [0.717, 1.165) is 13.0 Å². The summed E-state index contributed by atoms with van der Waals surface area (Å²) in [6, 6.07) is 4.62. The normalized spacial score (nSPS) is 16.3. The second-order valence-electron chi connectivity index (χ2n) is 5.02. The van der Waals surface area contributed by atoms with Gasteiger partial charge < -0.3 is 5.32 Å². The van der Waals surface area contributed by atoms with Gasteiger partial charge in [0.15, 0.2) is 0 Å². The monoisotopic (exact) mass is 268 g/mol. The Bertz CT molecular complexity index is 458. The number of nitro groups is 1. The number of hydrogen-bond acceptors (Lipinski definition) is 3. The predicted molar refractivity (Wildman–Crippen MR) is 73.2 cm³/mol. The first-order chi connectivity index (χ1) is 8.56. The van der Waals surface area contributed by atoms with Crippen molar-refractivity contribution in [1.29, 1.82) is 0 Å². The molecule has 5 heteroatoms. The molecule has 1 fully saturated rings. The minimum Gasteiger partial charge on any atom is -0.379 e. The summed E-state index contributed by atoms with van der Waals surface area (Å²) in [6.45, 7) is 2.96. The highest BCUT2D eigenvalue weighted by Crippen LogP contribution is 2.49. The van der Waals surface area contributed by atoms with Crippen LogP contribution in [-0.4, -0.2) is 11.5 Å². The van der Waals surface area contributed by atoms with E-state index in [1.165, 1.54) is 25.3 Å². The Labute approximate surface area is 111 Å². The maximum absolute atomic E-state index is 10.9. The highest BCUT2D eigenvalue weighted by atomic mass is 35.5. The lowest BCUT2D eigenvalue weighted by Crippen LogP contribution is -2.15. The number of rotatable bonds is 6. The standard InChI is InChI=1S/C13H17ClN2O2/c1-2-5-13(6-7-13)9-15-11-8-10(14)3-4-12(11)16(17)18/h3-4,8,15H,2,5-7,9H2,1H3. The highest BCUT2D eigenvalue weighted by molar-refractivity contribution is 6.31. The van der Waals surface area contributed by atoms with Crippen molar-refractivity contribution < 1.29 is 4.92 Å². The minimum atomic E-state index is -0.377. The number of nitrogens with one attached hydrogen (secondary N) is 1. The van der Waals surface area contributed by atoms with E-state index < -0.39 is 0 Å². The molecule has 1 aliphatic carbocycles. The van der Waals surface area contributed by atoms with Gasteiger partial charge in [-0.3, -0.25) is 10.1 Å². The molecule has 4 nitrogen and oxygen atoms in total. The van der Waals surface area contributed by atoms with Crippen molar-refractivity contribution in [1.82, 2.24) is 0 Å². The van der Waals surface area contributed by atoms with Gasteiger partial charge in [0.2, 0.25) is 0 Å². The van der Waals surface area contributed by atoms with Gasteiger partial charge in [0, 0.05) is 17.6 Å². The molecule has 0 aliphatic heterocycles. The predicted octanol–water partition coefficient (Wildman–Crippen LogP) is 4.24. The zero-order valence-electron chi connectivity index (χ0n) is 10.4. The molecule has 0 atom stereocenters. The van der Waals surface area contributed by atoms with E-state index in [0.29, 0.717) is 16.1 Å². The van der Waals surface area contributed by atoms with E-state index in [2.05, 4.69) is 12.2 Å². The molecule has 2 rings (SSSR count). The average Bonchev–Trinajstić information content (AvgIpc) is 3.07. The van der Waals surface area contributed by atoms with Gasteiger partial charge in [-0.1, -0.05) is 24.9 Å². The van der Waals surface area contributed by atoms with Crippen molar-refractivity contribution in [2.75, 3.05) is 11.9 Å². The maximum Gasteiger partial charge on any atom is 0.292 e. The van der Waals surface area contributed by atoms with Crippen molar-refractivity contribution >= 4 is 23.0 Å². The number of anilines is 1. The number of hydrogen-bond donors (Lipinski definition) is 1. The molecule has 0 heterocycles. The molecule has 0 bridgehead atoms. The molecule has 1 aromatic rings. The van der Waals surface area contributed by atoms with Crippen LogP contribution in [0.25, 0.3) is 0 Å². The van der Waals surface area contributed by atoms with Gasteiger partial charge in [0.25, 0.3) is 5.69 Å². The molecule has 1 N–H and O–H groups in total. The smallest absolute Gasteiger partial charge is 0.292 e. The van der Waals surface area contributed by atoms with Crippen molar-refractivity contribution in [2.24, 2.45) is 5.41 Å². The van der Waals surface area contributed by atoms with Gasteiger partial charge in [-0.15, -0.1) is 0 Å². The molecule has 1 saturated carbocycles. The van der Waals surface area contributed by atoms with E-state index in [4.69, 9.17) is 11.6 Å². The Kier molecular flexibility index (Phi) is 3.76.